The Balaban J connectivity index is 1.89. The van der Waals surface area contributed by atoms with Crippen LogP contribution in [0.1, 0.15) is 19.4 Å². The number of para-hydroxylation sites is 2. The van der Waals surface area contributed by atoms with Crippen molar-refractivity contribution >= 4 is 29.3 Å². The van der Waals surface area contributed by atoms with Crippen LogP contribution in [-0.4, -0.2) is 30.6 Å². The second-order valence-corrected chi connectivity index (χ2v) is 6.50. The van der Waals surface area contributed by atoms with Gasteiger partial charge in [-0.15, -0.1) is 0 Å². The predicted molar refractivity (Wildman–Crippen MR) is 108 cm³/mol. The molecule has 0 aliphatic heterocycles. The number of nitriles is 1. The summed E-state index contributed by atoms with van der Waals surface area (Å²) in [6.45, 7) is 2.96. The van der Waals surface area contributed by atoms with E-state index in [4.69, 9.17) is 10.00 Å². The van der Waals surface area contributed by atoms with Crippen LogP contribution >= 0.6 is 0 Å². The number of nitrogens with one attached hydrogen (secondary N) is 3. The summed E-state index contributed by atoms with van der Waals surface area (Å²) < 4.78 is 5.05. The second kappa shape index (κ2) is 10.5. The zero-order valence-electron chi connectivity index (χ0n) is 16.1. The monoisotopic (exact) mass is 394 g/mol. The van der Waals surface area contributed by atoms with Crippen LogP contribution in [0.15, 0.2) is 54.6 Å². The van der Waals surface area contributed by atoms with Crippen LogP contribution in [0.2, 0.25) is 0 Å². The van der Waals surface area contributed by atoms with Gasteiger partial charge in [0.25, 0.3) is 5.91 Å². The van der Waals surface area contributed by atoms with E-state index in [1.54, 1.807) is 62.4 Å². The van der Waals surface area contributed by atoms with Crippen molar-refractivity contribution in [3.05, 3.63) is 60.2 Å². The highest BCUT2D eigenvalue weighted by Gasteiger charge is 2.26. The Labute approximate surface area is 168 Å². The quantitative estimate of drug-likeness (QED) is 0.624. The number of hydrogen-bond donors (Lipinski definition) is 3. The maximum atomic E-state index is 12.4. The van der Waals surface area contributed by atoms with E-state index < -0.39 is 30.6 Å². The van der Waals surface area contributed by atoms with Crippen LogP contribution in [0.3, 0.4) is 0 Å². The van der Waals surface area contributed by atoms with E-state index in [0.29, 0.717) is 16.9 Å². The average molecular weight is 394 g/mol. The van der Waals surface area contributed by atoms with Gasteiger partial charge in [-0.2, -0.15) is 5.26 Å². The first-order valence-corrected chi connectivity index (χ1v) is 8.99. The minimum atomic E-state index is -0.932. The lowest BCUT2D eigenvalue weighted by atomic mass is 10.1. The molecule has 8 nitrogen and oxygen atoms in total. The molecule has 0 spiro atoms. The molecule has 0 saturated heterocycles. The normalized spacial score (nSPS) is 11.1. The zero-order valence-corrected chi connectivity index (χ0v) is 16.1. The Morgan fingerprint density at radius 1 is 1.00 bits per heavy atom. The summed E-state index contributed by atoms with van der Waals surface area (Å²) in [6, 6.07) is 15.7. The smallest absolute Gasteiger partial charge is 0.329 e. The van der Waals surface area contributed by atoms with Gasteiger partial charge in [0.15, 0.2) is 6.61 Å². The van der Waals surface area contributed by atoms with Gasteiger partial charge >= 0.3 is 12.0 Å². The number of hydrogen-bond acceptors (Lipinski definition) is 5. The lowest BCUT2D eigenvalue weighted by molar-refractivity contribution is -0.150. The van der Waals surface area contributed by atoms with Crippen molar-refractivity contribution in [1.29, 1.82) is 5.26 Å². The molecular weight excluding hydrogens is 372 g/mol. The summed E-state index contributed by atoms with van der Waals surface area (Å²) in [6.07, 6.45) is 0. The molecule has 3 N–H and O–H groups in total. The van der Waals surface area contributed by atoms with Gasteiger partial charge in [0.2, 0.25) is 0 Å². The molecule has 0 fully saturated rings. The van der Waals surface area contributed by atoms with E-state index in [2.05, 4.69) is 16.0 Å². The third-order valence-electron chi connectivity index (χ3n) is 3.91. The van der Waals surface area contributed by atoms with E-state index in [-0.39, 0.29) is 5.92 Å². The van der Waals surface area contributed by atoms with Gasteiger partial charge in [-0.3, -0.25) is 4.79 Å². The Hall–Kier alpha value is -3.86. The molecule has 150 valence electrons. The summed E-state index contributed by atoms with van der Waals surface area (Å²) in [5.74, 6) is -1.57. The van der Waals surface area contributed by atoms with E-state index in [9.17, 15) is 14.4 Å². The molecule has 0 saturated carbocycles. The number of urea groups is 1. The molecule has 0 aliphatic rings. The van der Waals surface area contributed by atoms with Gasteiger partial charge in [0.1, 0.15) is 12.1 Å². The first kappa shape index (κ1) is 21.4. The lowest BCUT2D eigenvalue weighted by Gasteiger charge is -2.21. The van der Waals surface area contributed by atoms with Crippen LogP contribution in [0, 0.1) is 17.2 Å². The highest BCUT2D eigenvalue weighted by Crippen LogP contribution is 2.13. The maximum absolute atomic E-state index is 12.4. The molecule has 0 radical (unpaired) electrons. The largest absolute Gasteiger partial charge is 0.454 e. The van der Waals surface area contributed by atoms with Gasteiger partial charge in [-0.1, -0.05) is 44.2 Å². The third kappa shape index (κ3) is 6.66. The summed E-state index contributed by atoms with van der Waals surface area (Å²) in [7, 11) is 0. The van der Waals surface area contributed by atoms with Gasteiger partial charge in [0, 0.05) is 5.69 Å². The SMILES string of the molecule is CC(C)[C@@H](NC(=O)Nc1ccccc1)C(=O)OCC(=O)Nc1ccccc1C#N. The van der Waals surface area contributed by atoms with Gasteiger partial charge in [0.05, 0.1) is 11.3 Å². The molecular formula is C21H22N4O4. The fraction of sp³-hybridized carbons (Fsp3) is 0.238. The van der Waals surface area contributed by atoms with Crippen molar-refractivity contribution in [1.82, 2.24) is 5.32 Å². The molecule has 0 bridgehead atoms. The first-order chi connectivity index (χ1) is 13.9. The molecule has 2 rings (SSSR count). The van der Waals surface area contributed by atoms with Crippen LogP contribution in [0.4, 0.5) is 16.2 Å². The lowest BCUT2D eigenvalue weighted by Crippen LogP contribution is -2.47. The zero-order chi connectivity index (χ0) is 21.2. The van der Waals surface area contributed by atoms with Gasteiger partial charge < -0.3 is 20.7 Å². The van der Waals surface area contributed by atoms with Crippen LogP contribution in [0.5, 0.6) is 0 Å². The third-order valence-corrected chi connectivity index (χ3v) is 3.91. The number of rotatable bonds is 7. The summed E-state index contributed by atoms with van der Waals surface area (Å²) in [4.78, 5) is 36.5. The molecule has 0 aliphatic carbocycles. The molecule has 2 aromatic rings. The molecule has 0 aromatic heterocycles. The van der Waals surface area contributed by atoms with Gasteiger partial charge in [-0.25, -0.2) is 9.59 Å². The highest BCUT2D eigenvalue weighted by atomic mass is 16.5. The Kier molecular flexibility index (Phi) is 7.74. The number of carbonyl (C=O) groups is 3. The number of amides is 3. The Morgan fingerprint density at radius 3 is 2.31 bits per heavy atom. The summed E-state index contributed by atoms with van der Waals surface area (Å²) in [5.41, 5.74) is 1.21. The predicted octanol–water partition coefficient (Wildman–Crippen LogP) is 2.89. The number of esters is 1. The average Bonchev–Trinajstić information content (AvgIpc) is 2.71. The van der Waals surface area contributed by atoms with E-state index in [1.807, 2.05) is 12.1 Å². The Bertz CT molecular complexity index is 906. The topological polar surface area (TPSA) is 120 Å². The molecule has 29 heavy (non-hydrogen) atoms. The minimum absolute atomic E-state index is 0.258. The van der Waals surface area contributed by atoms with Crippen molar-refractivity contribution in [2.24, 2.45) is 5.92 Å². The second-order valence-electron chi connectivity index (χ2n) is 6.50. The molecule has 1 atom stereocenters. The van der Waals surface area contributed by atoms with E-state index >= 15 is 0 Å². The number of anilines is 2. The highest BCUT2D eigenvalue weighted by molar-refractivity contribution is 5.95. The fourth-order valence-electron chi connectivity index (χ4n) is 2.43. The van der Waals surface area contributed by atoms with E-state index in [1.165, 1.54) is 0 Å². The van der Waals surface area contributed by atoms with Crippen molar-refractivity contribution < 1.29 is 19.1 Å². The van der Waals surface area contributed by atoms with Gasteiger partial charge in [-0.05, 0) is 30.2 Å². The number of benzene rings is 2. The molecule has 2 aromatic carbocycles. The van der Waals surface area contributed by atoms with Crippen molar-refractivity contribution in [2.45, 2.75) is 19.9 Å². The van der Waals surface area contributed by atoms with Crippen molar-refractivity contribution in [2.75, 3.05) is 17.2 Å². The fourth-order valence-corrected chi connectivity index (χ4v) is 2.43. The van der Waals surface area contributed by atoms with Crippen molar-refractivity contribution in [3.63, 3.8) is 0 Å². The van der Waals surface area contributed by atoms with Crippen LogP contribution < -0.4 is 16.0 Å². The summed E-state index contributed by atoms with van der Waals surface area (Å²) in [5, 5.41) is 16.7. The van der Waals surface area contributed by atoms with Crippen molar-refractivity contribution in [3.8, 4) is 6.07 Å². The minimum Gasteiger partial charge on any atom is -0.454 e. The first-order valence-electron chi connectivity index (χ1n) is 8.99. The number of carbonyl (C=O) groups excluding carboxylic acids is 3. The standard InChI is InChI=1S/C21H22N4O4/c1-14(2)19(25-21(28)23-16-9-4-3-5-10-16)20(27)29-13-18(26)24-17-11-7-6-8-15(17)12-22/h3-11,14,19H,13H2,1-2H3,(H,24,26)(H2,23,25,28)/t19-/m1/s1. The van der Waals surface area contributed by atoms with Crippen LogP contribution in [0.25, 0.3) is 0 Å². The molecule has 0 unspecified atom stereocenters. The summed E-state index contributed by atoms with van der Waals surface area (Å²) >= 11 is 0. The van der Waals surface area contributed by atoms with E-state index in [0.717, 1.165) is 0 Å². The number of ether oxygens (including phenoxy) is 1. The van der Waals surface area contributed by atoms with Crippen LogP contribution in [-0.2, 0) is 14.3 Å². The molecule has 3 amide bonds. The molecule has 8 heteroatoms. The molecule has 0 heterocycles. The number of nitrogens with zero attached hydrogens (tertiary/aromatic N) is 1. The Morgan fingerprint density at radius 2 is 1.66 bits per heavy atom. The maximum Gasteiger partial charge on any atom is 0.329 e.